The number of piperidine rings is 1. The third-order valence-corrected chi connectivity index (χ3v) is 5.83. The number of rotatable bonds is 6. The third kappa shape index (κ3) is 4.90. The van der Waals surface area contributed by atoms with E-state index >= 15 is 0 Å². The molecule has 4 heterocycles. The lowest BCUT2D eigenvalue weighted by Crippen LogP contribution is -2.44. The van der Waals surface area contributed by atoms with Crippen molar-refractivity contribution in [1.29, 1.82) is 0 Å². The van der Waals surface area contributed by atoms with Crippen LogP contribution in [0.3, 0.4) is 0 Å². The Hall–Kier alpha value is -1.96. The lowest BCUT2D eigenvalue weighted by atomic mass is 10.0. The summed E-state index contributed by atoms with van der Waals surface area (Å²) >= 11 is 3.42. The van der Waals surface area contributed by atoms with Crippen molar-refractivity contribution in [2.75, 3.05) is 26.2 Å². The molecule has 1 aromatic heterocycles. The fourth-order valence-electron chi connectivity index (χ4n) is 3.73. The molecule has 4 rings (SSSR count). The number of aromatic nitrogens is 1. The molecule has 1 fully saturated rings. The number of hydrogen-bond donors (Lipinski definition) is 2. The summed E-state index contributed by atoms with van der Waals surface area (Å²) in [5.41, 5.74) is 2.93. The van der Waals surface area contributed by atoms with Crippen molar-refractivity contribution in [2.24, 2.45) is 0 Å². The zero-order valence-corrected chi connectivity index (χ0v) is 17.3. The quantitative estimate of drug-likeness (QED) is 0.702. The molecule has 28 heavy (non-hydrogen) atoms. The van der Waals surface area contributed by atoms with Gasteiger partial charge in [-0.2, -0.15) is 0 Å². The standard InChI is InChI=1S/C21H25BrFN5/c22-16-3-4-19(24-13-16)15-25-18-5-8-27(9-6-18)10-11-28-7-1-2-20-21(28)12-17(23)14-26-20/h1-4,7,12-14,18,25-26H,5-6,8-11,15H2. The molecular formula is C21H25BrFN5. The molecule has 0 atom stereocenters. The van der Waals surface area contributed by atoms with E-state index in [2.05, 4.69) is 41.3 Å². The maximum atomic E-state index is 13.6. The molecule has 1 saturated heterocycles. The Morgan fingerprint density at radius 2 is 2.11 bits per heavy atom. The summed E-state index contributed by atoms with van der Waals surface area (Å²) in [6, 6.07) is 4.62. The number of pyridine rings is 1. The zero-order chi connectivity index (χ0) is 19.3. The van der Waals surface area contributed by atoms with E-state index in [4.69, 9.17) is 0 Å². The topological polar surface area (TPSA) is 43.4 Å². The van der Waals surface area contributed by atoms with E-state index < -0.39 is 0 Å². The van der Waals surface area contributed by atoms with E-state index in [0.717, 1.165) is 67.1 Å². The van der Waals surface area contributed by atoms with Gasteiger partial charge in [-0.3, -0.25) is 4.98 Å². The highest BCUT2D eigenvalue weighted by Gasteiger charge is 2.22. The van der Waals surface area contributed by atoms with Crippen LogP contribution in [0.4, 0.5) is 4.39 Å². The number of nitrogens with zero attached hydrogens (tertiary/aromatic N) is 3. The lowest BCUT2D eigenvalue weighted by molar-refractivity contribution is 0.186. The molecule has 0 bridgehead atoms. The van der Waals surface area contributed by atoms with Gasteiger partial charge < -0.3 is 20.4 Å². The molecular weight excluding hydrogens is 421 g/mol. The molecule has 0 spiro atoms. The molecule has 3 aliphatic rings. The normalized spacial score (nSPS) is 20.2. The summed E-state index contributed by atoms with van der Waals surface area (Å²) in [6.45, 7) is 4.80. The monoisotopic (exact) mass is 445 g/mol. The first-order valence-electron chi connectivity index (χ1n) is 9.73. The van der Waals surface area contributed by atoms with E-state index in [1.54, 1.807) is 6.08 Å². The fraction of sp³-hybridized carbons (Fsp3) is 0.381. The van der Waals surface area contributed by atoms with Crippen LogP contribution < -0.4 is 10.6 Å². The Bertz CT molecular complexity index is 807. The molecule has 0 radical (unpaired) electrons. The molecule has 148 valence electrons. The Labute approximate surface area is 173 Å². The van der Waals surface area contributed by atoms with Crippen molar-refractivity contribution in [2.45, 2.75) is 25.4 Å². The number of dihydropyridines is 1. The highest BCUT2D eigenvalue weighted by atomic mass is 79.9. The predicted octanol–water partition coefficient (Wildman–Crippen LogP) is 3.41. The van der Waals surface area contributed by atoms with Gasteiger partial charge in [-0.1, -0.05) is 0 Å². The maximum absolute atomic E-state index is 13.6. The van der Waals surface area contributed by atoms with Crippen molar-refractivity contribution in [3.8, 4) is 0 Å². The van der Waals surface area contributed by atoms with Crippen molar-refractivity contribution in [3.05, 3.63) is 76.3 Å². The Morgan fingerprint density at radius 1 is 1.25 bits per heavy atom. The highest BCUT2D eigenvalue weighted by molar-refractivity contribution is 9.10. The fourth-order valence-corrected chi connectivity index (χ4v) is 3.96. The van der Waals surface area contributed by atoms with Crippen LogP contribution in [-0.4, -0.2) is 47.0 Å². The Morgan fingerprint density at radius 3 is 2.89 bits per heavy atom. The summed E-state index contributed by atoms with van der Waals surface area (Å²) in [7, 11) is 0. The van der Waals surface area contributed by atoms with E-state index in [0.29, 0.717) is 6.04 Å². The van der Waals surface area contributed by atoms with Crippen LogP contribution in [0, 0.1) is 0 Å². The van der Waals surface area contributed by atoms with E-state index in [-0.39, 0.29) is 5.83 Å². The van der Waals surface area contributed by atoms with Crippen molar-refractivity contribution >= 4 is 15.9 Å². The van der Waals surface area contributed by atoms with E-state index in [1.807, 2.05) is 36.7 Å². The SMILES string of the molecule is FC1=CNC2=CC=CN(CCN3CCC(NCc4ccc(Br)cn4)CC3)C2=C1. The molecule has 7 heteroatoms. The maximum Gasteiger partial charge on any atom is 0.141 e. The number of hydrogen-bond acceptors (Lipinski definition) is 5. The van der Waals surface area contributed by atoms with Gasteiger partial charge in [0.15, 0.2) is 0 Å². The average molecular weight is 446 g/mol. The molecule has 5 nitrogen and oxygen atoms in total. The van der Waals surface area contributed by atoms with Crippen molar-refractivity contribution in [1.82, 2.24) is 25.4 Å². The van der Waals surface area contributed by atoms with Crippen LogP contribution in [0.25, 0.3) is 0 Å². The van der Waals surface area contributed by atoms with Gasteiger partial charge in [0, 0.05) is 54.8 Å². The largest absolute Gasteiger partial charge is 0.357 e. The predicted molar refractivity (Wildman–Crippen MR) is 113 cm³/mol. The summed E-state index contributed by atoms with van der Waals surface area (Å²) in [6.07, 6.45) is 13.1. The van der Waals surface area contributed by atoms with Gasteiger partial charge in [0.25, 0.3) is 0 Å². The number of fused-ring (bicyclic) bond motifs is 1. The minimum absolute atomic E-state index is 0.236. The van der Waals surface area contributed by atoms with Gasteiger partial charge in [-0.05, 0) is 66.1 Å². The minimum atomic E-state index is -0.236. The average Bonchev–Trinajstić information content (AvgIpc) is 2.72. The summed E-state index contributed by atoms with van der Waals surface area (Å²) in [4.78, 5) is 9.03. The Kier molecular flexibility index (Phi) is 6.24. The molecule has 1 aromatic rings. The minimum Gasteiger partial charge on any atom is -0.357 e. The van der Waals surface area contributed by atoms with Crippen molar-refractivity contribution < 1.29 is 4.39 Å². The van der Waals surface area contributed by atoms with Crippen LogP contribution in [-0.2, 0) is 6.54 Å². The smallest absolute Gasteiger partial charge is 0.141 e. The van der Waals surface area contributed by atoms with Gasteiger partial charge in [0.1, 0.15) is 5.83 Å². The van der Waals surface area contributed by atoms with Crippen LogP contribution in [0.15, 0.2) is 70.7 Å². The summed E-state index contributed by atoms with van der Waals surface area (Å²) in [5, 5.41) is 6.63. The van der Waals surface area contributed by atoms with Gasteiger partial charge in [0.05, 0.1) is 17.1 Å². The van der Waals surface area contributed by atoms with E-state index in [1.165, 1.54) is 6.20 Å². The summed E-state index contributed by atoms with van der Waals surface area (Å²) in [5.74, 6) is -0.236. The molecule has 0 saturated carbocycles. The van der Waals surface area contributed by atoms with Gasteiger partial charge in [0.2, 0.25) is 0 Å². The van der Waals surface area contributed by atoms with Gasteiger partial charge >= 0.3 is 0 Å². The van der Waals surface area contributed by atoms with Crippen LogP contribution in [0.1, 0.15) is 18.5 Å². The zero-order valence-electron chi connectivity index (χ0n) is 15.7. The molecule has 0 amide bonds. The molecule has 3 aliphatic heterocycles. The second-order valence-electron chi connectivity index (χ2n) is 7.28. The molecule has 0 unspecified atom stereocenters. The van der Waals surface area contributed by atoms with Crippen LogP contribution in [0.2, 0.25) is 0 Å². The first-order valence-corrected chi connectivity index (χ1v) is 10.5. The molecule has 0 aromatic carbocycles. The Balaban J connectivity index is 1.21. The second kappa shape index (κ2) is 9.03. The number of halogens is 2. The van der Waals surface area contributed by atoms with Gasteiger partial charge in [-0.15, -0.1) is 0 Å². The second-order valence-corrected chi connectivity index (χ2v) is 8.20. The number of allylic oxidation sites excluding steroid dienone is 4. The third-order valence-electron chi connectivity index (χ3n) is 5.36. The van der Waals surface area contributed by atoms with E-state index in [9.17, 15) is 4.39 Å². The summed E-state index contributed by atoms with van der Waals surface area (Å²) < 4.78 is 14.6. The highest BCUT2D eigenvalue weighted by Crippen LogP contribution is 2.24. The number of likely N-dealkylation sites (tertiary alicyclic amines) is 1. The first kappa shape index (κ1) is 19.4. The van der Waals surface area contributed by atoms with Crippen LogP contribution >= 0.6 is 15.9 Å². The molecule has 2 N–H and O–H groups in total. The first-order chi connectivity index (χ1) is 13.7. The van der Waals surface area contributed by atoms with Crippen molar-refractivity contribution in [3.63, 3.8) is 0 Å². The van der Waals surface area contributed by atoms with Gasteiger partial charge in [-0.25, -0.2) is 4.39 Å². The number of nitrogens with one attached hydrogen (secondary N) is 2. The molecule has 0 aliphatic carbocycles. The lowest BCUT2D eigenvalue weighted by Gasteiger charge is -2.35. The van der Waals surface area contributed by atoms with Crippen LogP contribution in [0.5, 0.6) is 0 Å².